The third-order valence-electron chi connectivity index (χ3n) is 2.49. The van der Waals surface area contributed by atoms with E-state index in [1.807, 2.05) is 6.92 Å². The number of nitrogen functional groups attached to an aromatic ring is 1. The lowest BCUT2D eigenvalue weighted by Gasteiger charge is -2.09. The normalized spacial score (nSPS) is 10.1. The quantitative estimate of drug-likeness (QED) is 0.860. The molecule has 5 heteroatoms. The third kappa shape index (κ3) is 2.40. The molecule has 1 aromatic heterocycles. The molecule has 1 heterocycles. The van der Waals surface area contributed by atoms with Crippen molar-refractivity contribution in [1.82, 2.24) is 4.98 Å². The van der Waals surface area contributed by atoms with E-state index in [4.69, 9.17) is 16.2 Å². The van der Waals surface area contributed by atoms with Gasteiger partial charge in [0, 0.05) is 6.07 Å². The van der Waals surface area contributed by atoms with Gasteiger partial charge < -0.3 is 16.2 Å². The number of aryl methyl sites for hydroxylation is 1. The Morgan fingerprint density at radius 2 is 2.06 bits per heavy atom. The summed E-state index contributed by atoms with van der Waals surface area (Å²) in [6.45, 7) is 1.85. The number of hydrogen-bond acceptors (Lipinski definition) is 4. The maximum Gasteiger partial charge on any atom is 0.252 e. The molecule has 0 bridgehead atoms. The van der Waals surface area contributed by atoms with Crippen LogP contribution in [0.5, 0.6) is 11.6 Å². The lowest BCUT2D eigenvalue weighted by molar-refractivity contribution is 0.0998. The van der Waals surface area contributed by atoms with E-state index in [1.54, 1.807) is 30.3 Å². The standard InChI is InChI=1S/C13H13N3O2/c1-8-6-12(16-7-10(8)14)18-11-5-3-2-4-9(11)13(15)17/h2-7H,14H2,1H3,(H2,15,17). The number of primary amides is 1. The van der Waals surface area contributed by atoms with Crippen LogP contribution in [0, 0.1) is 6.92 Å². The monoisotopic (exact) mass is 243 g/mol. The van der Waals surface area contributed by atoms with E-state index >= 15 is 0 Å². The van der Waals surface area contributed by atoms with Crippen molar-refractivity contribution in [2.24, 2.45) is 5.73 Å². The number of rotatable bonds is 3. The molecule has 18 heavy (non-hydrogen) atoms. The molecule has 0 fully saturated rings. The molecule has 0 saturated heterocycles. The topological polar surface area (TPSA) is 91.2 Å². The van der Waals surface area contributed by atoms with Gasteiger partial charge in [-0.2, -0.15) is 0 Å². The fourth-order valence-electron chi connectivity index (χ4n) is 1.47. The van der Waals surface area contributed by atoms with Crippen LogP contribution in [0.1, 0.15) is 15.9 Å². The molecule has 2 rings (SSSR count). The molecule has 1 amide bonds. The highest BCUT2D eigenvalue weighted by molar-refractivity contribution is 5.95. The van der Waals surface area contributed by atoms with Gasteiger partial charge in [0.05, 0.1) is 17.4 Å². The number of nitrogens with zero attached hydrogens (tertiary/aromatic N) is 1. The van der Waals surface area contributed by atoms with Crippen molar-refractivity contribution < 1.29 is 9.53 Å². The van der Waals surface area contributed by atoms with Crippen LogP contribution in [0.15, 0.2) is 36.5 Å². The number of anilines is 1. The number of benzene rings is 1. The number of pyridine rings is 1. The van der Waals surface area contributed by atoms with Crippen molar-refractivity contribution in [2.45, 2.75) is 6.92 Å². The Labute approximate surface area is 104 Å². The summed E-state index contributed by atoms with van der Waals surface area (Å²) >= 11 is 0. The number of nitrogens with two attached hydrogens (primary N) is 2. The van der Waals surface area contributed by atoms with Crippen molar-refractivity contribution in [3.63, 3.8) is 0 Å². The highest BCUT2D eigenvalue weighted by atomic mass is 16.5. The zero-order valence-corrected chi connectivity index (χ0v) is 9.88. The van der Waals surface area contributed by atoms with Gasteiger partial charge in [0.15, 0.2) is 0 Å². The molecule has 0 unspecified atom stereocenters. The summed E-state index contributed by atoms with van der Waals surface area (Å²) in [5, 5.41) is 0. The average Bonchev–Trinajstić information content (AvgIpc) is 2.34. The minimum atomic E-state index is -0.544. The summed E-state index contributed by atoms with van der Waals surface area (Å²) in [5.74, 6) is 0.204. The van der Waals surface area contributed by atoms with Crippen LogP contribution >= 0.6 is 0 Å². The molecule has 5 nitrogen and oxygen atoms in total. The summed E-state index contributed by atoms with van der Waals surface area (Å²) in [4.78, 5) is 15.3. The van der Waals surface area contributed by atoms with Crippen LogP contribution in [0.2, 0.25) is 0 Å². The van der Waals surface area contributed by atoms with Crippen LogP contribution in [-0.4, -0.2) is 10.9 Å². The first-order valence-electron chi connectivity index (χ1n) is 5.36. The molecule has 1 aromatic carbocycles. The van der Waals surface area contributed by atoms with Gasteiger partial charge in [-0.05, 0) is 24.6 Å². The number of hydrogen-bond donors (Lipinski definition) is 2. The van der Waals surface area contributed by atoms with Crippen LogP contribution in [0.4, 0.5) is 5.69 Å². The predicted molar refractivity (Wildman–Crippen MR) is 68.4 cm³/mol. The lowest BCUT2D eigenvalue weighted by Crippen LogP contribution is -2.12. The fraction of sp³-hybridized carbons (Fsp3) is 0.0769. The number of aromatic nitrogens is 1. The van der Waals surface area contributed by atoms with Crippen molar-refractivity contribution in [1.29, 1.82) is 0 Å². The van der Waals surface area contributed by atoms with Gasteiger partial charge in [0.2, 0.25) is 5.88 Å². The third-order valence-corrected chi connectivity index (χ3v) is 2.49. The second-order valence-electron chi connectivity index (χ2n) is 3.84. The summed E-state index contributed by atoms with van der Waals surface area (Å²) in [5.41, 5.74) is 12.7. The Bertz CT molecular complexity index is 597. The van der Waals surface area contributed by atoms with Gasteiger partial charge in [-0.1, -0.05) is 12.1 Å². The van der Waals surface area contributed by atoms with Gasteiger partial charge in [0.25, 0.3) is 5.91 Å². The summed E-state index contributed by atoms with van der Waals surface area (Å²) in [6.07, 6.45) is 1.51. The maximum absolute atomic E-state index is 11.2. The van der Waals surface area contributed by atoms with Crippen LogP contribution in [-0.2, 0) is 0 Å². The Kier molecular flexibility index (Phi) is 3.14. The Morgan fingerprint density at radius 1 is 1.33 bits per heavy atom. The molecule has 0 saturated carbocycles. The van der Waals surface area contributed by atoms with E-state index in [0.717, 1.165) is 5.56 Å². The summed E-state index contributed by atoms with van der Waals surface area (Å²) < 4.78 is 5.54. The number of para-hydroxylation sites is 1. The van der Waals surface area contributed by atoms with E-state index < -0.39 is 5.91 Å². The number of ether oxygens (including phenoxy) is 1. The zero-order valence-electron chi connectivity index (χ0n) is 9.88. The molecule has 0 spiro atoms. The van der Waals surface area contributed by atoms with Gasteiger partial charge in [-0.15, -0.1) is 0 Å². The van der Waals surface area contributed by atoms with E-state index in [0.29, 0.717) is 22.9 Å². The molecular weight excluding hydrogens is 230 g/mol. The molecule has 0 aliphatic carbocycles. The van der Waals surface area contributed by atoms with E-state index in [1.165, 1.54) is 6.20 Å². The largest absolute Gasteiger partial charge is 0.438 e. The lowest BCUT2D eigenvalue weighted by atomic mass is 10.2. The predicted octanol–water partition coefficient (Wildman–Crippen LogP) is 1.86. The van der Waals surface area contributed by atoms with Crippen molar-refractivity contribution in [3.8, 4) is 11.6 Å². The molecule has 0 radical (unpaired) electrons. The SMILES string of the molecule is Cc1cc(Oc2ccccc2C(N)=O)ncc1N. The highest BCUT2D eigenvalue weighted by Gasteiger charge is 2.10. The van der Waals surface area contributed by atoms with Gasteiger partial charge >= 0.3 is 0 Å². The second kappa shape index (κ2) is 4.75. The second-order valence-corrected chi connectivity index (χ2v) is 3.84. The first-order valence-corrected chi connectivity index (χ1v) is 5.36. The van der Waals surface area contributed by atoms with Gasteiger partial charge in [-0.3, -0.25) is 4.79 Å². The minimum absolute atomic E-state index is 0.314. The van der Waals surface area contributed by atoms with Gasteiger partial charge in [0.1, 0.15) is 5.75 Å². The Hall–Kier alpha value is -2.56. The van der Waals surface area contributed by atoms with Crippen molar-refractivity contribution in [2.75, 3.05) is 5.73 Å². The first kappa shape index (κ1) is 11.9. The fourth-order valence-corrected chi connectivity index (χ4v) is 1.47. The molecule has 2 aromatic rings. The van der Waals surface area contributed by atoms with Crippen molar-refractivity contribution in [3.05, 3.63) is 47.7 Å². The molecule has 0 aliphatic heterocycles. The van der Waals surface area contributed by atoms with Gasteiger partial charge in [-0.25, -0.2) is 4.98 Å². The molecular formula is C13H13N3O2. The number of carbonyl (C=O) groups excluding carboxylic acids is 1. The maximum atomic E-state index is 11.2. The summed E-state index contributed by atoms with van der Waals surface area (Å²) in [6, 6.07) is 8.43. The minimum Gasteiger partial charge on any atom is -0.438 e. The zero-order chi connectivity index (χ0) is 13.1. The average molecular weight is 243 g/mol. The van der Waals surface area contributed by atoms with E-state index in [-0.39, 0.29) is 0 Å². The van der Waals surface area contributed by atoms with Crippen molar-refractivity contribution >= 4 is 11.6 Å². The van der Waals surface area contributed by atoms with Crippen LogP contribution in [0.25, 0.3) is 0 Å². The number of carbonyl (C=O) groups is 1. The Balaban J connectivity index is 2.34. The molecule has 0 atom stereocenters. The van der Waals surface area contributed by atoms with E-state index in [2.05, 4.69) is 4.98 Å². The summed E-state index contributed by atoms with van der Waals surface area (Å²) in [7, 11) is 0. The number of amides is 1. The Morgan fingerprint density at radius 3 is 2.72 bits per heavy atom. The van der Waals surface area contributed by atoms with Crippen LogP contribution < -0.4 is 16.2 Å². The molecule has 0 aliphatic rings. The smallest absolute Gasteiger partial charge is 0.252 e. The molecule has 92 valence electrons. The first-order chi connectivity index (χ1) is 8.58. The molecule has 4 N–H and O–H groups in total. The van der Waals surface area contributed by atoms with E-state index in [9.17, 15) is 4.79 Å². The van der Waals surface area contributed by atoms with Crippen LogP contribution in [0.3, 0.4) is 0 Å². The highest BCUT2D eigenvalue weighted by Crippen LogP contribution is 2.25.